The molecule has 2 aliphatic rings. The molecule has 0 spiro atoms. The van der Waals surface area contributed by atoms with Crippen LogP contribution in [0.3, 0.4) is 0 Å². The fraction of sp³-hybridized carbons (Fsp3) is 0.733. The summed E-state index contributed by atoms with van der Waals surface area (Å²) in [7, 11) is 0. The summed E-state index contributed by atoms with van der Waals surface area (Å²) >= 11 is 0. The van der Waals surface area contributed by atoms with Crippen LogP contribution in [0.1, 0.15) is 59.3 Å². The maximum absolute atomic E-state index is 5.83. The Morgan fingerprint density at radius 2 is 1.75 bits per heavy atom. The largest absolute Gasteiger partial charge is 0.366 e. The van der Waals surface area contributed by atoms with Crippen molar-refractivity contribution in [3.63, 3.8) is 0 Å². The van der Waals surface area contributed by atoms with Crippen LogP contribution in [0.5, 0.6) is 0 Å². The highest BCUT2D eigenvalue weighted by atomic mass is 16.6. The molecule has 0 aromatic rings. The molecule has 2 atom stereocenters. The molecule has 1 aliphatic heterocycles. The van der Waals surface area contributed by atoms with Gasteiger partial charge in [-0.05, 0) is 59.3 Å². The maximum atomic E-state index is 5.83. The van der Waals surface area contributed by atoms with E-state index in [1.807, 2.05) is 0 Å². The summed E-state index contributed by atoms with van der Waals surface area (Å²) in [5, 5.41) is 0. The van der Waals surface area contributed by atoms with Gasteiger partial charge in [0.25, 0.3) is 0 Å². The topological polar surface area (TPSA) is 12.5 Å². The fourth-order valence-electron chi connectivity index (χ4n) is 2.56. The molecular formula is C15H24O. The fourth-order valence-corrected chi connectivity index (χ4v) is 2.56. The lowest BCUT2D eigenvalue weighted by Gasteiger charge is -2.07. The molecule has 16 heavy (non-hydrogen) atoms. The van der Waals surface area contributed by atoms with E-state index < -0.39 is 0 Å². The maximum Gasteiger partial charge on any atom is 0.0923 e. The van der Waals surface area contributed by atoms with Gasteiger partial charge in [0.2, 0.25) is 0 Å². The second kappa shape index (κ2) is 4.75. The van der Waals surface area contributed by atoms with Gasteiger partial charge < -0.3 is 4.74 Å². The highest BCUT2D eigenvalue weighted by Crippen LogP contribution is 2.43. The molecule has 0 aromatic heterocycles. The average Bonchev–Trinajstić information content (AvgIpc) is 2.85. The van der Waals surface area contributed by atoms with E-state index in [4.69, 9.17) is 4.74 Å². The van der Waals surface area contributed by atoms with Crippen LogP contribution < -0.4 is 0 Å². The number of hydrogen-bond donors (Lipinski definition) is 0. The van der Waals surface area contributed by atoms with Crippen molar-refractivity contribution in [3.8, 4) is 0 Å². The molecule has 1 saturated heterocycles. The third kappa shape index (κ3) is 2.98. The predicted octanol–water partition coefficient (Wildman–Crippen LogP) is 4.39. The zero-order valence-electron chi connectivity index (χ0n) is 10.9. The highest BCUT2D eigenvalue weighted by molar-refractivity contribution is 5.09. The zero-order valence-corrected chi connectivity index (χ0v) is 10.9. The van der Waals surface area contributed by atoms with Crippen molar-refractivity contribution in [2.75, 3.05) is 0 Å². The third-order valence-corrected chi connectivity index (χ3v) is 4.00. The van der Waals surface area contributed by atoms with Gasteiger partial charge in [-0.15, -0.1) is 0 Å². The van der Waals surface area contributed by atoms with Gasteiger partial charge in [0.1, 0.15) is 0 Å². The minimum atomic E-state index is 0.192. The zero-order chi connectivity index (χ0) is 11.6. The summed E-state index contributed by atoms with van der Waals surface area (Å²) in [6.45, 7) is 6.78. The molecule has 2 unspecified atom stereocenters. The number of epoxide rings is 1. The number of hydrogen-bond acceptors (Lipinski definition) is 1. The van der Waals surface area contributed by atoms with Crippen LogP contribution in [0.4, 0.5) is 0 Å². The van der Waals surface area contributed by atoms with Crippen LogP contribution in [0.2, 0.25) is 0 Å². The second-order valence-corrected chi connectivity index (χ2v) is 5.64. The molecule has 0 bridgehead atoms. The van der Waals surface area contributed by atoms with Crippen molar-refractivity contribution in [3.05, 3.63) is 23.3 Å². The Hall–Kier alpha value is -0.560. The molecule has 1 heteroatoms. The first kappa shape index (κ1) is 11.9. The Kier molecular flexibility index (Phi) is 3.53. The molecule has 0 saturated carbocycles. The van der Waals surface area contributed by atoms with E-state index >= 15 is 0 Å². The lowest BCUT2D eigenvalue weighted by molar-refractivity contribution is 0.295. The molecule has 1 fully saturated rings. The van der Waals surface area contributed by atoms with Gasteiger partial charge in [0.15, 0.2) is 0 Å². The standard InChI is InChI=1S/C15H24O/c1-12-6-4-8-14-15(3,16-14)11-5-7-13(2)10-9-12/h6-7,14H,4-5,8-11H2,1-3H3/b12-6-,13-7-. The summed E-state index contributed by atoms with van der Waals surface area (Å²) in [5.74, 6) is 0. The molecule has 90 valence electrons. The minimum Gasteiger partial charge on any atom is -0.366 e. The van der Waals surface area contributed by atoms with E-state index in [-0.39, 0.29) is 5.60 Å². The van der Waals surface area contributed by atoms with Crippen LogP contribution in [-0.2, 0) is 4.74 Å². The van der Waals surface area contributed by atoms with Gasteiger partial charge in [-0.2, -0.15) is 0 Å². The normalized spacial score (nSPS) is 42.8. The smallest absolute Gasteiger partial charge is 0.0923 e. The van der Waals surface area contributed by atoms with Crippen LogP contribution >= 0.6 is 0 Å². The Labute approximate surface area is 99.6 Å². The Balaban J connectivity index is 1.99. The molecule has 1 nitrogen and oxygen atoms in total. The Morgan fingerprint density at radius 1 is 1.12 bits per heavy atom. The van der Waals surface area contributed by atoms with E-state index in [0.29, 0.717) is 6.10 Å². The third-order valence-electron chi connectivity index (χ3n) is 4.00. The Bertz CT molecular complexity index is 313. The van der Waals surface area contributed by atoms with Gasteiger partial charge in [0.05, 0.1) is 11.7 Å². The lowest BCUT2D eigenvalue weighted by atomic mass is 9.95. The predicted molar refractivity (Wildman–Crippen MR) is 68.5 cm³/mol. The molecule has 0 amide bonds. The monoisotopic (exact) mass is 220 g/mol. The van der Waals surface area contributed by atoms with E-state index in [2.05, 4.69) is 32.9 Å². The Morgan fingerprint density at radius 3 is 2.44 bits per heavy atom. The summed E-state index contributed by atoms with van der Waals surface area (Å²) in [5.41, 5.74) is 3.27. The van der Waals surface area contributed by atoms with Crippen molar-refractivity contribution < 1.29 is 4.74 Å². The molecule has 0 radical (unpaired) electrons. The summed E-state index contributed by atoms with van der Waals surface area (Å²) in [6.07, 6.45) is 12.5. The van der Waals surface area contributed by atoms with Crippen molar-refractivity contribution in [2.45, 2.75) is 71.0 Å². The number of allylic oxidation sites excluding steroid dienone is 4. The first-order valence-corrected chi connectivity index (χ1v) is 6.59. The lowest BCUT2D eigenvalue weighted by Crippen LogP contribution is -2.09. The second-order valence-electron chi connectivity index (χ2n) is 5.64. The first-order chi connectivity index (χ1) is 7.60. The van der Waals surface area contributed by atoms with E-state index in [1.54, 1.807) is 0 Å². The van der Waals surface area contributed by atoms with Crippen molar-refractivity contribution >= 4 is 0 Å². The highest BCUT2D eigenvalue weighted by Gasteiger charge is 2.50. The van der Waals surface area contributed by atoms with Crippen LogP contribution in [0, 0.1) is 0 Å². The SMILES string of the molecule is C/C1=C/CCC2OC2(C)CC/C=C(/C)CC1. The van der Waals surface area contributed by atoms with Crippen molar-refractivity contribution in [1.82, 2.24) is 0 Å². The molecule has 1 aliphatic carbocycles. The quantitative estimate of drug-likeness (QED) is 0.435. The number of ether oxygens (including phenoxy) is 1. The van der Waals surface area contributed by atoms with Crippen LogP contribution in [0.15, 0.2) is 23.3 Å². The van der Waals surface area contributed by atoms with Gasteiger partial charge in [-0.3, -0.25) is 0 Å². The average molecular weight is 220 g/mol. The van der Waals surface area contributed by atoms with Crippen molar-refractivity contribution in [1.29, 1.82) is 0 Å². The number of rotatable bonds is 0. The molecular weight excluding hydrogens is 196 g/mol. The van der Waals surface area contributed by atoms with E-state index in [1.165, 1.54) is 49.7 Å². The summed E-state index contributed by atoms with van der Waals surface area (Å²) in [6, 6.07) is 0. The van der Waals surface area contributed by atoms with Gasteiger partial charge >= 0.3 is 0 Å². The summed E-state index contributed by atoms with van der Waals surface area (Å²) in [4.78, 5) is 0. The summed E-state index contributed by atoms with van der Waals surface area (Å²) < 4.78 is 5.83. The number of fused-ring (bicyclic) bond motifs is 1. The van der Waals surface area contributed by atoms with Crippen LogP contribution in [-0.4, -0.2) is 11.7 Å². The van der Waals surface area contributed by atoms with Crippen molar-refractivity contribution in [2.24, 2.45) is 0 Å². The molecule has 0 aromatic carbocycles. The van der Waals surface area contributed by atoms with Gasteiger partial charge in [-0.25, -0.2) is 0 Å². The van der Waals surface area contributed by atoms with Gasteiger partial charge in [-0.1, -0.05) is 23.3 Å². The van der Waals surface area contributed by atoms with Gasteiger partial charge in [0, 0.05) is 0 Å². The van der Waals surface area contributed by atoms with E-state index in [0.717, 1.165) is 0 Å². The minimum absolute atomic E-state index is 0.192. The van der Waals surface area contributed by atoms with E-state index in [9.17, 15) is 0 Å². The van der Waals surface area contributed by atoms with Crippen LogP contribution in [0.25, 0.3) is 0 Å². The molecule has 1 heterocycles. The first-order valence-electron chi connectivity index (χ1n) is 6.59. The molecule has 0 N–H and O–H groups in total. The molecule has 2 rings (SSSR count).